The monoisotopic (exact) mass is 285 g/mol. The van der Waals surface area contributed by atoms with Gasteiger partial charge in [-0.3, -0.25) is 4.79 Å². The van der Waals surface area contributed by atoms with Crippen molar-refractivity contribution >= 4 is 11.9 Å². The normalized spacial score (nSPS) is 12.1. The average Bonchev–Trinajstić information content (AvgIpc) is 2.44. The van der Waals surface area contributed by atoms with Gasteiger partial charge in [-0.1, -0.05) is 51.9 Å². The molecule has 0 aromatic rings. The van der Waals surface area contributed by atoms with E-state index in [0.717, 1.165) is 38.5 Å². The van der Waals surface area contributed by atoms with Crippen molar-refractivity contribution in [3.05, 3.63) is 0 Å². The molecule has 0 spiro atoms. The van der Waals surface area contributed by atoms with Crippen LogP contribution >= 0.6 is 0 Å². The lowest BCUT2D eigenvalue weighted by molar-refractivity contribution is -0.311. The lowest BCUT2D eigenvalue weighted by Gasteiger charge is -2.15. The second kappa shape index (κ2) is 12.9. The average molecular weight is 285 g/mol. The number of aliphatic carboxylic acids is 1. The van der Waals surface area contributed by atoms with Crippen molar-refractivity contribution in [2.45, 2.75) is 77.6 Å². The third-order valence-electron chi connectivity index (χ3n) is 3.74. The van der Waals surface area contributed by atoms with E-state index in [1.54, 1.807) is 0 Å². The van der Waals surface area contributed by atoms with Gasteiger partial charge < -0.3 is 14.6 Å². The lowest BCUT2D eigenvalue weighted by Crippen LogP contribution is -2.30. The number of hydrogen-bond acceptors (Lipinski definition) is 4. The van der Waals surface area contributed by atoms with Gasteiger partial charge in [-0.2, -0.15) is 0 Å². The van der Waals surface area contributed by atoms with E-state index in [4.69, 9.17) is 0 Å². The maximum atomic E-state index is 10.9. The van der Waals surface area contributed by atoms with Crippen LogP contribution in [0.2, 0.25) is 0 Å². The molecule has 20 heavy (non-hydrogen) atoms. The molecule has 0 fully saturated rings. The highest BCUT2D eigenvalue weighted by Crippen LogP contribution is 2.15. The van der Waals surface area contributed by atoms with Gasteiger partial charge in [0.2, 0.25) is 0 Å². The molecule has 118 valence electrons. The van der Waals surface area contributed by atoms with E-state index >= 15 is 0 Å². The van der Waals surface area contributed by atoms with Crippen LogP contribution in [0.4, 0.5) is 0 Å². The molecule has 0 N–H and O–H groups in total. The van der Waals surface area contributed by atoms with Gasteiger partial charge in [0.25, 0.3) is 0 Å². The van der Waals surface area contributed by atoms with Crippen molar-refractivity contribution in [2.24, 2.45) is 5.92 Å². The van der Waals surface area contributed by atoms with E-state index in [1.165, 1.54) is 26.4 Å². The van der Waals surface area contributed by atoms with Crippen molar-refractivity contribution < 1.29 is 19.4 Å². The number of unbranched alkanes of at least 4 members (excludes halogenated alkanes) is 7. The maximum Gasteiger partial charge on any atom is 0.305 e. The summed E-state index contributed by atoms with van der Waals surface area (Å²) in [5.41, 5.74) is 0. The SMILES string of the molecule is CC[C@@H](CCCCCCCCCCC(=O)OC)C(=O)[O-]. The van der Waals surface area contributed by atoms with Crippen molar-refractivity contribution in [3.8, 4) is 0 Å². The standard InChI is InChI=1S/C16H30O4/c1-3-14(16(18)19)12-10-8-6-4-5-7-9-11-13-15(17)20-2/h14H,3-13H2,1-2H3,(H,18,19)/p-1/t14-/m0/s1. The fourth-order valence-corrected chi connectivity index (χ4v) is 2.31. The predicted molar refractivity (Wildman–Crippen MR) is 77.0 cm³/mol. The zero-order valence-electron chi connectivity index (χ0n) is 13.0. The summed E-state index contributed by atoms with van der Waals surface area (Å²) in [4.78, 5) is 21.6. The van der Waals surface area contributed by atoms with Gasteiger partial charge in [0.1, 0.15) is 0 Å². The van der Waals surface area contributed by atoms with Crippen LogP contribution in [0.15, 0.2) is 0 Å². The number of carboxylic acids is 1. The van der Waals surface area contributed by atoms with Crippen molar-refractivity contribution in [2.75, 3.05) is 7.11 Å². The molecule has 0 aliphatic carbocycles. The van der Waals surface area contributed by atoms with Crippen molar-refractivity contribution in [1.82, 2.24) is 0 Å². The van der Waals surface area contributed by atoms with Gasteiger partial charge in [0.15, 0.2) is 0 Å². The summed E-state index contributed by atoms with van der Waals surface area (Å²) < 4.78 is 4.58. The van der Waals surface area contributed by atoms with E-state index in [-0.39, 0.29) is 11.9 Å². The van der Waals surface area contributed by atoms with Crippen LogP contribution in [-0.4, -0.2) is 19.0 Å². The topological polar surface area (TPSA) is 66.4 Å². The molecule has 0 aliphatic heterocycles. The van der Waals surface area contributed by atoms with Crippen LogP contribution in [-0.2, 0) is 14.3 Å². The molecule has 4 heteroatoms. The summed E-state index contributed by atoms with van der Waals surface area (Å²) in [7, 11) is 1.42. The summed E-state index contributed by atoms with van der Waals surface area (Å²) in [6.45, 7) is 1.90. The van der Waals surface area contributed by atoms with E-state index in [0.29, 0.717) is 12.8 Å². The van der Waals surface area contributed by atoms with Crippen LogP contribution in [0.1, 0.15) is 77.6 Å². The Hall–Kier alpha value is -1.06. The summed E-state index contributed by atoms with van der Waals surface area (Å²) in [5, 5.41) is 10.7. The number of ether oxygens (including phenoxy) is 1. The molecule has 0 aliphatic rings. The molecular weight excluding hydrogens is 256 g/mol. The fraction of sp³-hybridized carbons (Fsp3) is 0.875. The number of esters is 1. The van der Waals surface area contributed by atoms with Crippen LogP contribution in [0.25, 0.3) is 0 Å². The molecule has 0 heterocycles. The molecule has 4 nitrogen and oxygen atoms in total. The number of carboxylic acid groups (broad SMARTS) is 1. The predicted octanol–water partition coefficient (Wildman–Crippen LogP) is 2.84. The largest absolute Gasteiger partial charge is 0.550 e. The Morgan fingerprint density at radius 2 is 1.45 bits per heavy atom. The molecule has 0 unspecified atom stereocenters. The van der Waals surface area contributed by atoms with Crippen molar-refractivity contribution in [3.63, 3.8) is 0 Å². The Morgan fingerprint density at radius 3 is 1.90 bits per heavy atom. The first-order chi connectivity index (χ1) is 9.61. The van der Waals surface area contributed by atoms with Crippen LogP contribution in [0.5, 0.6) is 0 Å². The van der Waals surface area contributed by atoms with Gasteiger partial charge in [-0.05, 0) is 25.2 Å². The molecule has 0 bridgehead atoms. The second-order valence-electron chi connectivity index (χ2n) is 5.37. The fourth-order valence-electron chi connectivity index (χ4n) is 2.31. The zero-order valence-corrected chi connectivity index (χ0v) is 13.0. The van der Waals surface area contributed by atoms with Crippen molar-refractivity contribution in [1.29, 1.82) is 0 Å². The molecule has 0 amide bonds. The molecule has 0 rings (SSSR count). The zero-order chi connectivity index (χ0) is 15.2. The summed E-state index contributed by atoms with van der Waals surface area (Å²) >= 11 is 0. The molecule has 0 saturated carbocycles. The Bertz CT molecular complexity index is 263. The summed E-state index contributed by atoms with van der Waals surface area (Å²) in [6, 6.07) is 0. The number of methoxy groups -OCH3 is 1. The van der Waals surface area contributed by atoms with Crippen LogP contribution in [0, 0.1) is 5.92 Å². The number of carbonyl (C=O) groups excluding carboxylic acids is 2. The summed E-state index contributed by atoms with van der Waals surface area (Å²) in [5.74, 6) is -1.30. The number of hydrogen-bond donors (Lipinski definition) is 0. The third kappa shape index (κ3) is 10.8. The molecule has 0 aromatic heterocycles. The minimum Gasteiger partial charge on any atom is -0.550 e. The smallest absolute Gasteiger partial charge is 0.305 e. The molecule has 0 radical (unpaired) electrons. The Morgan fingerprint density at radius 1 is 0.950 bits per heavy atom. The van der Waals surface area contributed by atoms with E-state index < -0.39 is 5.97 Å². The van der Waals surface area contributed by atoms with Gasteiger partial charge in [-0.15, -0.1) is 0 Å². The number of rotatable bonds is 13. The van der Waals surface area contributed by atoms with Gasteiger partial charge in [-0.25, -0.2) is 0 Å². The van der Waals surface area contributed by atoms with Gasteiger partial charge in [0.05, 0.1) is 7.11 Å². The maximum absolute atomic E-state index is 10.9. The minimum absolute atomic E-state index is 0.122. The Kier molecular flexibility index (Phi) is 12.3. The quantitative estimate of drug-likeness (QED) is 0.385. The highest BCUT2D eigenvalue weighted by atomic mass is 16.5. The van der Waals surface area contributed by atoms with Gasteiger partial charge in [0, 0.05) is 12.4 Å². The molecule has 1 atom stereocenters. The van der Waals surface area contributed by atoms with E-state index in [2.05, 4.69) is 4.74 Å². The van der Waals surface area contributed by atoms with E-state index in [1.807, 2.05) is 6.92 Å². The van der Waals surface area contributed by atoms with Gasteiger partial charge >= 0.3 is 5.97 Å². The minimum atomic E-state index is -0.905. The highest BCUT2D eigenvalue weighted by molar-refractivity contribution is 5.69. The van der Waals surface area contributed by atoms with Crippen LogP contribution in [0.3, 0.4) is 0 Å². The Labute approximate surface area is 122 Å². The third-order valence-corrected chi connectivity index (χ3v) is 3.74. The molecular formula is C16H29O4-. The lowest BCUT2D eigenvalue weighted by atomic mass is 9.98. The first kappa shape index (κ1) is 18.9. The highest BCUT2D eigenvalue weighted by Gasteiger charge is 2.06. The molecule has 0 aromatic carbocycles. The second-order valence-corrected chi connectivity index (χ2v) is 5.37. The first-order valence-electron chi connectivity index (χ1n) is 7.89. The summed E-state index contributed by atoms with van der Waals surface area (Å²) in [6.07, 6.45) is 10.7. The van der Waals surface area contributed by atoms with E-state index in [9.17, 15) is 14.7 Å². The van der Waals surface area contributed by atoms with Crippen LogP contribution < -0.4 is 5.11 Å². The first-order valence-corrected chi connectivity index (χ1v) is 7.89. The number of carbonyl (C=O) groups is 2. The Balaban J connectivity index is 3.24. The molecule has 0 saturated heterocycles.